The fourth-order valence-electron chi connectivity index (χ4n) is 3.07. The molecule has 1 fully saturated rings. The van der Waals surface area contributed by atoms with Crippen LogP contribution in [0.1, 0.15) is 10.5 Å². The smallest absolute Gasteiger partial charge is 0.270 e. The number of methoxy groups -OCH3 is 1. The Morgan fingerprint density at radius 1 is 1.16 bits per heavy atom. The van der Waals surface area contributed by atoms with Crippen LogP contribution in [0.3, 0.4) is 0 Å². The predicted octanol–water partition coefficient (Wildman–Crippen LogP) is 1.93. The summed E-state index contributed by atoms with van der Waals surface area (Å²) in [6, 6.07) is 11.5. The summed E-state index contributed by atoms with van der Waals surface area (Å²) >= 11 is 0. The zero-order valence-corrected chi connectivity index (χ0v) is 14.0. The van der Waals surface area contributed by atoms with E-state index in [-0.39, 0.29) is 5.91 Å². The van der Waals surface area contributed by atoms with Crippen molar-refractivity contribution in [2.45, 2.75) is 0 Å². The minimum Gasteiger partial charge on any atom is -0.481 e. The second-order valence-electron chi connectivity index (χ2n) is 5.95. The summed E-state index contributed by atoms with van der Waals surface area (Å²) in [5.41, 5.74) is 1.61. The van der Waals surface area contributed by atoms with Gasteiger partial charge in [0.15, 0.2) is 0 Å². The number of hydrogen-bond acceptors (Lipinski definition) is 5. The molecule has 2 aromatic heterocycles. The van der Waals surface area contributed by atoms with Gasteiger partial charge in [0.25, 0.3) is 5.91 Å². The first-order chi connectivity index (χ1) is 12.2. The van der Waals surface area contributed by atoms with Gasteiger partial charge in [0.2, 0.25) is 11.8 Å². The van der Waals surface area contributed by atoms with Gasteiger partial charge < -0.3 is 19.5 Å². The topological polar surface area (TPSA) is 74.3 Å². The molecule has 1 saturated heterocycles. The largest absolute Gasteiger partial charge is 0.481 e. The molecule has 0 bridgehead atoms. The Kier molecular flexibility index (Phi) is 3.97. The lowest BCUT2D eigenvalue weighted by molar-refractivity contribution is 0.0741. The van der Waals surface area contributed by atoms with Crippen molar-refractivity contribution in [3.05, 3.63) is 48.3 Å². The molecule has 7 nitrogen and oxygen atoms in total. The third-order valence-corrected chi connectivity index (χ3v) is 4.44. The number of piperazine rings is 1. The second kappa shape index (κ2) is 6.43. The SMILES string of the molecule is COc1ccnc(N2CCN(C(=O)c3cc4ccccc4[nH]3)CC2)n1. The number of aromatic amines is 1. The van der Waals surface area contributed by atoms with Crippen LogP contribution in [-0.4, -0.2) is 59.0 Å². The molecule has 1 aromatic carbocycles. The molecule has 0 spiro atoms. The van der Waals surface area contributed by atoms with Gasteiger partial charge in [-0.1, -0.05) is 18.2 Å². The molecule has 1 aliphatic rings. The van der Waals surface area contributed by atoms with Crippen molar-refractivity contribution < 1.29 is 9.53 Å². The normalized spacial score (nSPS) is 14.8. The Balaban J connectivity index is 1.45. The van der Waals surface area contributed by atoms with E-state index in [1.807, 2.05) is 35.2 Å². The maximum Gasteiger partial charge on any atom is 0.270 e. The summed E-state index contributed by atoms with van der Waals surface area (Å²) in [6.07, 6.45) is 1.68. The fourth-order valence-corrected chi connectivity index (χ4v) is 3.07. The third kappa shape index (κ3) is 3.00. The number of aromatic nitrogens is 3. The number of ether oxygens (including phenoxy) is 1. The zero-order chi connectivity index (χ0) is 17.2. The third-order valence-electron chi connectivity index (χ3n) is 4.44. The van der Waals surface area contributed by atoms with E-state index in [2.05, 4.69) is 19.9 Å². The van der Waals surface area contributed by atoms with Crippen molar-refractivity contribution >= 4 is 22.8 Å². The lowest BCUT2D eigenvalue weighted by Crippen LogP contribution is -2.49. The molecule has 1 amide bonds. The summed E-state index contributed by atoms with van der Waals surface area (Å²) in [5, 5.41) is 1.05. The van der Waals surface area contributed by atoms with Crippen molar-refractivity contribution in [2.24, 2.45) is 0 Å². The van der Waals surface area contributed by atoms with Crippen LogP contribution in [-0.2, 0) is 0 Å². The summed E-state index contributed by atoms with van der Waals surface area (Å²) < 4.78 is 5.15. The monoisotopic (exact) mass is 337 g/mol. The number of rotatable bonds is 3. The number of amides is 1. The van der Waals surface area contributed by atoms with Crippen LogP contribution in [0.4, 0.5) is 5.95 Å². The Hall–Kier alpha value is -3.09. The van der Waals surface area contributed by atoms with Crippen LogP contribution in [0.25, 0.3) is 10.9 Å². The van der Waals surface area contributed by atoms with Crippen LogP contribution in [0.5, 0.6) is 5.88 Å². The minimum atomic E-state index is 0.0300. The van der Waals surface area contributed by atoms with Gasteiger partial charge in [-0.2, -0.15) is 4.98 Å². The standard InChI is InChI=1S/C18H19N5O2/c1-25-16-6-7-19-18(21-16)23-10-8-22(9-11-23)17(24)15-12-13-4-2-3-5-14(13)20-15/h2-7,12,20H,8-11H2,1H3. The van der Waals surface area contributed by atoms with E-state index >= 15 is 0 Å². The van der Waals surface area contributed by atoms with Crippen LogP contribution >= 0.6 is 0 Å². The molecular weight excluding hydrogens is 318 g/mol. The maximum absolute atomic E-state index is 12.7. The van der Waals surface area contributed by atoms with Crippen molar-refractivity contribution in [1.29, 1.82) is 0 Å². The highest BCUT2D eigenvalue weighted by molar-refractivity contribution is 5.98. The van der Waals surface area contributed by atoms with Crippen LogP contribution in [0.15, 0.2) is 42.6 Å². The Bertz CT molecular complexity index is 866. The van der Waals surface area contributed by atoms with Crippen molar-refractivity contribution in [3.63, 3.8) is 0 Å². The number of fused-ring (bicyclic) bond motifs is 1. The summed E-state index contributed by atoms with van der Waals surface area (Å²) in [7, 11) is 1.59. The first-order valence-electron chi connectivity index (χ1n) is 8.23. The quantitative estimate of drug-likeness (QED) is 0.790. The van der Waals surface area contributed by atoms with E-state index in [4.69, 9.17) is 4.74 Å². The molecule has 1 aliphatic heterocycles. The molecule has 7 heteroatoms. The van der Waals surface area contributed by atoms with Crippen LogP contribution < -0.4 is 9.64 Å². The highest BCUT2D eigenvalue weighted by Crippen LogP contribution is 2.18. The Labute approximate surface area is 145 Å². The van der Waals surface area contributed by atoms with E-state index in [9.17, 15) is 4.79 Å². The molecule has 0 unspecified atom stereocenters. The highest BCUT2D eigenvalue weighted by atomic mass is 16.5. The summed E-state index contributed by atoms with van der Waals surface area (Å²) in [5.74, 6) is 1.21. The molecule has 0 radical (unpaired) electrons. The first kappa shape index (κ1) is 15.4. The van der Waals surface area contributed by atoms with Crippen molar-refractivity contribution in [3.8, 4) is 5.88 Å². The Morgan fingerprint density at radius 3 is 2.72 bits per heavy atom. The lowest BCUT2D eigenvalue weighted by atomic mass is 10.2. The molecule has 0 atom stereocenters. The molecule has 3 aromatic rings. The molecule has 3 heterocycles. The molecule has 0 aliphatic carbocycles. The second-order valence-corrected chi connectivity index (χ2v) is 5.95. The number of H-pyrrole nitrogens is 1. The van der Waals surface area contributed by atoms with Gasteiger partial charge in [0, 0.05) is 49.3 Å². The first-order valence-corrected chi connectivity index (χ1v) is 8.23. The molecular formula is C18H19N5O2. The molecule has 25 heavy (non-hydrogen) atoms. The van der Waals surface area contributed by atoms with E-state index in [0.717, 1.165) is 10.9 Å². The predicted molar refractivity (Wildman–Crippen MR) is 95.0 cm³/mol. The Morgan fingerprint density at radius 2 is 1.96 bits per heavy atom. The number of benzene rings is 1. The van der Waals surface area contributed by atoms with Crippen LogP contribution in [0, 0.1) is 0 Å². The number of carbonyl (C=O) groups is 1. The van der Waals surface area contributed by atoms with Crippen LogP contribution in [0.2, 0.25) is 0 Å². The van der Waals surface area contributed by atoms with Gasteiger partial charge in [0.1, 0.15) is 5.69 Å². The van der Waals surface area contributed by atoms with Gasteiger partial charge in [-0.25, -0.2) is 4.98 Å². The average Bonchev–Trinajstić information content (AvgIpc) is 3.12. The van der Waals surface area contributed by atoms with Gasteiger partial charge in [0.05, 0.1) is 7.11 Å². The number of carbonyl (C=O) groups excluding carboxylic acids is 1. The van der Waals surface area contributed by atoms with Crippen molar-refractivity contribution in [1.82, 2.24) is 19.9 Å². The maximum atomic E-state index is 12.7. The van der Waals surface area contributed by atoms with Gasteiger partial charge >= 0.3 is 0 Å². The van der Waals surface area contributed by atoms with Gasteiger partial charge in [-0.05, 0) is 12.1 Å². The van der Waals surface area contributed by atoms with Gasteiger partial charge in [-0.3, -0.25) is 4.79 Å². The average molecular weight is 337 g/mol. The molecule has 128 valence electrons. The molecule has 0 saturated carbocycles. The van der Waals surface area contributed by atoms with Gasteiger partial charge in [-0.15, -0.1) is 0 Å². The number of anilines is 1. The van der Waals surface area contributed by atoms with E-state index < -0.39 is 0 Å². The number of nitrogens with one attached hydrogen (secondary N) is 1. The van der Waals surface area contributed by atoms with Crippen molar-refractivity contribution in [2.75, 3.05) is 38.2 Å². The van der Waals surface area contributed by atoms with E-state index in [1.165, 1.54) is 0 Å². The molecule has 1 N–H and O–H groups in total. The highest BCUT2D eigenvalue weighted by Gasteiger charge is 2.24. The zero-order valence-electron chi connectivity index (χ0n) is 14.0. The fraction of sp³-hybridized carbons (Fsp3) is 0.278. The number of hydrogen-bond donors (Lipinski definition) is 1. The molecule has 4 rings (SSSR count). The minimum absolute atomic E-state index is 0.0300. The lowest BCUT2D eigenvalue weighted by Gasteiger charge is -2.34. The van der Waals surface area contributed by atoms with E-state index in [0.29, 0.717) is 43.7 Å². The summed E-state index contributed by atoms with van der Waals surface area (Å²) in [6.45, 7) is 2.65. The number of para-hydroxylation sites is 1. The number of nitrogens with zero attached hydrogens (tertiary/aromatic N) is 4. The van der Waals surface area contributed by atoms with E-state index in [1.54, 1.807) is 19.4 Å². The summed E-state index contributed by atoms with van der Waals surface area (Å²) in [4.78, 5) is 28.5.